The van der Waals surface area contributed by atoms with Crippen molar-refractivity contribution >= 4 is 0 Å². The number of rotatable bonds is 8. The molecule has 2 nitrogen and oxygen atoms in total. The van der Waals surface area contributed by atoms with Crippen LogP contribution in [0.15, 0.2) is 35.5 Å². The van der Waals surface area contributed by atoms with Crippen molar-refractivity contribution in [3.8, 4) is 0 Å². The zero-order valence-corrected chi connectivity index (χ0v) is 17.0. The SMILES string of the molecule is CN(C)CCCCCC1=C[C@H]2C[C@@H](O)[C@H](C=CC=C3CCCCC3)[C@H]2C1. The van der Waals surface area contributed by atoms with E-state index in [1.54, 1.807) is 11.1 Å². The van der Waals surface area contributed by atoms with E-state index in [0.29, 0.717) is 17.8 Å². The maximum absolute atomic E-state index is 10.5. The summed E-state index contributed by atoms with van der Waals surface area (Å²) < 4.78 is 0. The maximum atomic E-state index is 10.5. The number of aliphatic hydroxyl groups excluding tert-OH is 1. The Balaban J connectivity index is 1.45. The van der Waals surface area contributed by atoms with Gasteiger partial charge in [-0.3, -0.25) is 0 Å². The average molecular weight is 358 g/mol. The van der Waals surface area contributed by atoms with E-state index in [9.17, 15) is 5.11 Å². The summed E-state index contributed by atoms with van der Waals surface area (Å²) in [6.07, 6.45) is 23.4. The lowest BCUT2D eigenvalue weighted by Crippen LogP contribution is -2.17. The Labute approximate surface area is 161 Å². The standard InChI is InChI=1S/C24H39NO/c1-25(2)15-8-4-7-12-20-16-21-18-24(26)22(23(21)17-20)14-9-13-19-10-5-3-6-11-19/h9,13-14,16,21-24,26H,3-8,10-12,15,17-18H2,1-2H3/t21-,22+,23-,24+/m0/s1. The molecule has 0 amide bonds. The average Bonchev–Trinajstić information content (AvgIpc) is 3.13. The van der Waals surface area contributed by atoms with Crippen LogP contribution in [-0.4, -0.2) is 36.8 Å². The van der Waals surface area contributed by atoms with Crippen molar-refractivity contribution in [2.75, 3.05) is 20.6 Å². The third-order valence-corrected chi connectivity index (χ3v) is 6.71. The topological polar surface area (TPSA) is 23.5 Å². The van der Waals surface area contributed by atoms with Crippen molar-refractivity contribution in [2.24, 2.45) is 17.8 Å². The van der Waals surface area contributed by atoms with Crippen LogP contribution in [0.3, 0.4) is 0 Å². The molecule has 2 fully saturated rings. The van der Waals surface area contributed by atoms with Crippen LogP contribution in [0.4, 0.5) is 0 Å². The minimum atomic E-state index is -0.135. The zero-order valence-electron chi connectivity index (χ0n) is 17.0. The Morgan fingerprint density at radius 1 is 1.12 bits per heavy atom. The van der Waals surface area contributed by atoms with E-state index >= 15 is 0 Å². The van der Waals surface area contributed by atoms with E-state index in [4.69, 9.17) is 0 Å². The maximum Gasteiger partial charge on any atom is 0.0611 e. The van der Waals surface area contributed by atoms with Crippen molar-refractivity contribution in [3.05, 3.63) is 35.5 Å². The van der Waals surface area contributed by atoms with Gasteiger partial charge in [0.25, 0.3) is 0 Å². The molecule has 0 aliphatic heterocycles. The van der Waals surface area contributed by atoms with Gasteiger partial charge in [-0.05, 0) is 90.3 Å². The molecule has 0 aromatic rings. The normalized spacial score (nSPS) is 31.7. The molecule has 0 bridgehead atoms. The lowest BCUT2D eigenvalue weighted by molar-refractivity contribution is 0.141. The molecule has 0 radical (unpaired) electrons. The molecule has 26 heavy (non-hydrogen) atoms. The van der Waals surface area contributed by atoms with Crippen LogP contribution in [-0.2, 0) is 0 Å². The highest BCUT2D eigenvalue weighted by molar-refractivity contribution is 5.22. The first-order chi connectivity index (χ1) is 12.6. The summed E-state index contributed by atoms with van der Waals surface area (Å²) in [5, 5.41) is 10.5. The lowest BCUT2D eigenvalue weighted by Gasteiger charge is -2.18. The molecule has 0 aromatic carbocycles. The summed E-state index contributed by atoms with van der Waals surface area (Å²) >= 11 is 0. The largest absolute Gasteiger partial charge is 0.392 e. The molecule has 0 spiro atoms. The summed E-state index contributed by atoms with van der Waals surface area (Å²) in [5.74, 6) is 1.64. The van der Waals surface area contributed by atoms with Gasteiger partial charge in [0.2, 0.25) is 0 Å². The van der Waals surface area contributed by atoms with E-state index in [-0.39, 0.29) is 6.10 Å². The Morgan fingerprint density at radius 3 is 2.69 bits per heavy atom. The Hall–Kier alpha value is -0.860. The van der Waals surface area contributed by atoms with Crippen LogP contribution >= 0.6 is 0 Å². The molecule has 3 aliphatic rings. The highest BCUT2D eigenvalue weighted by Gasteiger charge is 2.42. The van der Waals surface area contributed by atoms with Gasteiger partial charge in [-0.1, -0.05) is 48.3 Å². The van der Waals surface area contributed by atoms with E-state index < -0.39 is 0 Å². The number of aliphatic hydroxyl groups is 1. The van der Waals surface area contributed by atoms with Gasteiger partial charge in [0.05, 0.1) is 6.10 Å². The number of fused-ring (bicyclic) bond motifs is 1. The lowest BCUT2D eigenvalue weighted by atomic mass is 9.88. The van der Waals surface area contributed by atoms with Crippen molar-refractivity contribution in [3.63, 3.8) is 0 Å². The molecule has 0 heterocycles. The Bertz CT molecular complexity index is 522. The molecule has 3 rings (SSSR count). The smallest absolute Gasteiger partial charge is 0.0611 e. The summed E-state index contributed by atoms with van der Waals surface area (Å²) in [6.45, 7) is 1.21. The summed E-state index contributed by atoms with van der Waals surface area (Å²) in [4.78, 5) is 2.28. The second-order valence-electron chi connectivity index (χ2n) is 9.12. The van der Waals surface area contributed by atoms with Crippen molar-refractivity contribution in [1.82, 2.24) is 4.90 Å². The third-order valence-electron chi connectivity index (χ3n) is 6.71. The van der Waals surface area contributed by atoms with E-state index in [2.05, 4.69) is 43.3 Å². The van der Waals surface area contributed by atoms with Crippen LogP contribution < -0.4 is 0 Å². The van der Waals surface area contributed by atoms with Gasteiger partial charge in [-0.15, -0.1) is 0 Å². The van der Waals surface area contributed by atoms with Gasteiger partial charge >= 0.3 is 0 Å². The van der Waals surface area contributed by atoms with Gasteiger partial charge in [0.1, 0.15) is 0 Å². The van der Waals surface area contributed by atoms with Gasteiger partial charge < -0.3 is 10.0 Å². The molecule has 4 atom stereocenters. The minimum Gasteiger partial charge on any atom is -0.392 e. The number of nitrogens with zero attached hydrogens (tertiary/aromatic N) is 1. The fourth-order valence-electron chi connectivity index (χ4n) is 5.24. The van der Waals surface area contributed by atoms with Gasteiger partial charge in [-0.25, -0.2) is 0 Å². The Kier molecular flexibility index (Phi) is 7.57. The van der Waals surface area contributed by atoms with Gasteiger partial charge in [0.15, 0.2) is 0 Å². The van der Waals surface area contributed by atoms with Crippen molar-refractivity contribution < 1.29 is 5.11 Å². The molecular formula is C24H39NO. The number of hydrogen-bond acceptors (Lipinski definition) is 2. The zero-order chi connectivity index (χ0) is 18.4. The highest BCUT2D eigenvalue weighted by Crippen LogP contribution is 2.48. The predicted molar refractivity (Wildman–Crippen MR) is 111 cm³/mol. The molecule has 0 unspecified atom stereocenters. The van der Waals surface area contributed by atoms with Crippen LogP contribution in [0.2, 0.25) is 0 Å². The number of unbranched alkanes of at least 4 members (excludes halogenated alkanes) is 2. The van der Waals surface area contributed by atoms with Crippen LogP contribution in [0.1, 0.15) is 70.6 Å². The molecule has 0 aromatic heterocycles. The van der Waals surface area contributed by atoms with E-state index in [0.717, 1.165) is 6.42 Å². The third kappa shape index (κ3) is 5.57. The second-order valence-corrected chi connectivity index (χ2v) is 9.12. The first-order valence-corrected chi connectivity index (χ1v) is 11.0. The van der Waals surface area contributed by atoms with Crippen LogP contribution in [0.25, 0.3) is 0 Å². The molecule has 2 heteroatoms. The number of allylic oxidation sites excluding steroid dienone is 5. The first kappa shape index (κ1) is 19.9. The van der Waals surface area contributed by atoms with Crippen LogP contribution in [0, 0.1) is 17.8 Å². The quantitative estimate of drug-likeness (QED) is 0.458. The van der Waals surface area contributed by atoms with Gasteiger partial charge in [-0.2, -0.15) is 0 Å². The minimum absolute atomic E-state index is 0.135. The molecule has 3 aliphatic carbocycles. The Morgan fingerprint density at radius 2 is 1.92 bits per heavy atom. The van der Waals surface area contributed by atoms with Crippen LogP contribution in [0.5, 0.6) is 0 Å². The van der Waals surface area contributed by atoms with E-state index in [1.165, 1.54) is 70.8 Å². The molecule has 1 N–H and O–H groups in total. The fraction of sp³-hybridized carbons (Fsp3) is 0.750. The summed E-state index contributed by atoms with van der Waals surface area (Å²) in [5.41, 5.74) is 3.28. The predicted octanol–water partition coefficient (Wildman–Crippen LogP) is 5.50. The van der Waals surface area contributed by atoms with Gasteiger partial charge in [0, 0.05) is 5.92 Å². The van der Waals surface area contributed by atoms with Crippen molar-refractivity contribution in [2.45, 2.75) is 76.7 Å². The molecular weight excluding hydrogens is 318 g/mol. The van der Waals surface area contributed by atoms with Crippen molar-refractivity contribution in [1.29, 1.82) is 0 Å². The number of hydrogen-bond donors (Lipinski definition) is 1. The molecule has 0 saturated heterocycles. The first-order valence-electron chi connectivity index (χ1n) is 11.0. The fourth-order valence-corrected chi connectivity index (χ4v) is 5.24. The molecule has 146 valence electrons. The second kappa shape index (κ2) is 9.90. The monoisotopic (exact) mass is 357 g/mol. The highest BCUT2D eigenvalue weighted by atomic mass is 16.3. The molecule has 2 saturated carbocycles. The van der Waals surface area contributed by atoms with E-state index in [1.807, 2.05) is 0 Å². The summed E-state index contributed by atoms with van der Waals surface area (Å²) in [6, 6.07) is 0. The summed E-state index contributed by atoms with van der Waals surface area (Å²) in [7, 11) is 4.31.